The maximum Gasteiger partial charge on any atom is 0.233 e. The summed E-state index contributed by atoms with van der Waals surface area (Å²) >= 11 is 0. The van der Waals surface area contributed by atoms with Gasteiger partial charge in [-0.2, -0.15) is 0 Å². The van der Waals surface area contributed by atoms with Gasteiger partial charge in [0.05, 0.1) is 12.0 Å². The van der Waals surface area contributed by atoms with Crippen molar-refractivity contribution in [2.24, 2.45) is 11.3 Å². The molecule has 124 valence electrons. The van der Waals surface area contributed by atoms with E-state index in [1.807, 2.05) is 0 Å². The minimum Gasteiger partial charge on any atom is -0.380 e. The van der Waals surface area contributed by atoms with Gasteiger partial charge in [0.25, 0.3) is 0 Å². The standard InChI is InChI=1S/C17H20F2N2O2/c18-14-1-2-15(19)13-8-21(5-3-12(13)14)16(22)17-9-20-7-11(17)4-6-23-10-17/h1-2,11,20H,3-10H2/t11-,17+/m1/s1. The van der Waals surface area contributed by atoms with E-state index in [1.54, 1.807) is 4.90 Å². The highest BCUT2D eigenvalue weighted by molar-refractivity contribution is 5.84. The normalized spacial score (nSPS) is 30.0. The van der Waals surface area contributed by atoms with Crippen molar-refractivity contribution in [1.29, 1.82) is 0 Å². The van der Waals surface area contributed by atoms with Gasteiger partial charge in [0.15, 0.2) is 0 Å². The molecule has 4 nitrogen and oxygen atoms in total. The second kappa shape index (κ2) is 5.53. The van der Waals surface area contributed by atoms with Crippen LogP contribution in [-0.2, 0) is 22.5 Å². The fraction of sp³-hybridized carbons (Fsp3) is 0.588. The third-order valence-electron chi connectivity index (χ3n) is 5.59. The van der Waals surface area contributed by atoms with Crippen LogP contribution in [0.25, 0.3) is 0 Å². The van der Waals surface area contributed by atoms with Crippen LogP contribution in [0, 0.1) is 23.0 Å². The van der Waals surface area contributed by atoms with E-state index in [0.29, 0.717) is 43.9 Å². The number of hydrogen-bond donors (Lipinski definition) is 1. The smallest absolute Gasteiger partial charge is 0.233 e. The van der Waals surface area contributed by atoms with E-state index in [-0.39, 0.29) is 24.2 Å². The summed E-state index contributed by atoms with van der Waals surface area (Å²) in [6, 6.07) is 2.31. The van der Waals surface area contributed by atoms with E-state index in [9.17, 15) is 13.6 Å². The zero-order valence-corrected chi connectivity index (χ0v) is 12.9. The van der Waals surface area contributed by atoms with Crippen molar-refractivity contribution in [3.8, 4) is 0 Å². The average molecular weight is 322 g/mol. The molecule has 0 saturated carbocycles. The Labute approximate surface area is 133 Å². The molecule has 0 unspecified atom stereocenters. The van der Waals surface area contributed by atoms with E-state index in [2.05, 4.69) is 5.32 Å². The molecule has 6 heteroatoms. The lowest BCUT2D eigenvalue weighted by Crippen LogP contribution is -2.54. The molecule has 3 aliphatic heterocycles. The highest BCUT2D eigenvalue weighted by Gasteiger charge is 2.52. The second-order valence-electron chi connectivity index (χ2n) is 6.79. The molecule has 2 atom stereocenters. The summed E-state index contributed by atoms with van der Waals surface area (Å²) in [5.74, 6) is -0.533. The molecule has 3 aliphatic rings. The fourth-order valence-electron chi connectivity index (χ4n) is 4.23. The molecule has 3 heterocycles. The number of nitrogens with zero attached hydrogens (tertiary/aromatic N) is 1. The van der Waals surface area contributed by atoms with Gasteiger partial charge in [0.1, 0.15) is 11.6 Å². The lowest BCUT2D eigenvalue weighted by Gasteiger charge is -2.41. The Bertz CT molecular complexity index is 652. The third-order valence-corrected chi connectivity index (χ3v) is 5.59. The number of ether oxygens (including phenoxy) is 1. The monoisotopic (exact) mass is 322 g/mol. The van der Waals surface area contributed by atoms with Gasteiger partial charge < -0.3 is 15.0 Å². The van der Waals surface area contributed by atoms with Crippen LogP contribution in [-0.4, -0.2) is 43.7 Å². The molecule has 0 spiro atoms. The van der Waals surface area contributed by atoms with Crippen LogP contribution in [0.5, 0.6) is 0 Å². The van der Waals surface area contributed by atoms with Crippen molar-refractivity contribution in [3.05, 3.63) is 34.9 Å². The second-order valence-corrected chi connectivity index (χ2v) is 6.79. The van der Waals surface area contributed by atoms with Crippen LogP contribution in [0.4, 0.5) is 8.78 Å². The van der Waals surface area contributed by atoms with Gasteiger partial charge in [-0.25, -0.2) is 8.78 Å². The van der Waals surface area contributed by atoms with Crippen molar-refractivity contribution < 1.29 is 18.3 Å². The number of carbonyl (C=O) groups is 1. The molecule has 2 saturated heterocycles. The Hall–Kier alpha value is -1.53. The Balaban J connectivity index is 1.62. The lowest BCUT2D eigenvalue weighted by molar-refractivity contribution is -0.153. The molecule has 0 aromatic heterocycles. The zero-order chi connectivity index (χ0) is 16.0. The topological polar surface area (TPSA) is 41.6 Å². The molecular weight excluding hydrogens is 302 g/mol. The van der Waals surface area contributed by atoms with Gasteiger partial charge in [-0.05, 0) is 43.0 Å². The van der Waals surface area contributed by atoms with Gasteiger partial charge >= 0.3 is 0 Å². The van der Waals surface area contributed by atoms with Gasteiger partial charge in [-0.15, -0.1) is 0 Å². The van der Waals surface area contributed by atoms with Crippen LogP contribution < -0.4 is 5.32 Å². The summed E-state index contributed by atoms with van der Waals surface area (Å²) < 4.78 is 33.5. The fourth-order valence-corrected chi connectivity index (χ4v) is 4.23. The SMILES string of the molecule is O=C(N1CCc2c(F)ccc(F)c2C1)[C@]12CNC[C@H]1CCOC2. The summed E-state index contributed by atoms with van der Waals surface area (Å²) in [5, 5.41) is 3.30. The van der Waals surface area contributed by atoms with E-state index in [4.69, 9.17) is 4.74 Å². The van der Waals surface area contributed by atoms with Gasteiger partial charge in [0, 0.05) is 31.8 Å². The summed E-state index contributed by atoms with van der Waals surface area (Å²) in [6.45, 7) is 3.10. The number of amides is 1. The first-order chi connectivity index (χ1) is 11.1. The Morgan fingerprint density at radius 2 is 2.09 bits per heavy atom. The Morgan fingerprint density at radius 3 is 2.91 bits per heavy atom. The zero-order valence-electron chi connectivity index (χ0n) is 12.9. The maximum atomic E-state index is 14.1. The van der Waals surface area contributed by atoms with E-state index in [1.165, 1.54) is 0 Å². The molecule has 1 amide bonds. The van der Waals surface area contributed by atoms with E-state index < -0.39 is 11.2 Å². The van der Waals surface area contributed by atoms with Crippen molar-refractivity contribution in [3.63, 3.8) is 0 Å². The van der Waals surface area contributed by atoms with Crippen LogP contribution in [0.2, 0.25) is 0 Å². The summed E-state index contributed by atoms with van der Waals surface area (Å²) in [6.07, 6.45) is 1.23. The van der Waals surface area contributed by atoms with Crippen molar-refractivity contribution in [2.45, 2.75) is 19.4 Å². The number of benzene rings is 1. The van der Waals surface area contributed by atoms with Crippen molar-refractivity contribution >= 4 is 5.91 Å². The largest absolute Gasteiger partial charge is 0.380 e. The van der Waals surface area contributed by atoms with Gasteiger partial charge in [0.2, 0.25) is 5.91 Å². The molecule has 0 aliphatic carbocycles. The first-order valence-electron chi connectivity index (χ1n) is 8.15. The number of nitrogens with one attached hydrogen (secondary N) is 1. The van der Waals surface area contributed by atoms with Crippen LogP contribution >= 0.6 is 0 Å². The molecule has 1 N–H and O–H groups in total. The summed E-state index contributed by atoms with van der Waals surface area (Å²) in [4.78, 5) is 14.8. The average Bonchev–Trinajstić information content (AvgIpc) is 3.02. The molecule has 1 aromatic rings. The van der Waals surface area contributed by atoms with Crippen LogP contribution in [0.1, 0.15) is 17.5 Å². The molecule has 4 rings (SSSR count). The predicted molar refractivity (Wildman–Crippen MR) is 79.7 cm³/mol. The van der Waals surface area contributed by atoms with Crippen molar-refractivity contribution in [2.75, 3.05) is 32.8 Å². The summed E-state index contributed by atoms with van der Waals surface area (Å²) in [5.41, 5.74) is 0.187. The van der Waals surface area contributed by atoms with Crippen LogP contribution in [0.15, 0.2) is 12.1 Å². The number of carbonyl (C=O) groups excluding carboxylic acids is 1. The molecule has 0 bridgehead atoms. The Kier molecular flexibility index (Phi) is 3.61. The quantitative estimate of drug-likeness (QED) is 0.851. The maximum absolute atomic E-state index is 14.1. The molecule has 1 aromatic carbocycles. The number of fused-ring (bicyclic) bond motifs is 2. The molecule has 0 radical (unpaired) electrons. The number of hydrogen-bond acceptors (Lipinski definition) is 3. The predicted octanol–water partition coefficient (Wildman–Crippen LogP) is 1.48. The van der Waals surface area contributed by atoms with Gasteiger partial charge in [-0.1, -0.05) is 0 Å². The summed E-state index contributed by atoms with van der Waals surface area (Å²) in [7, 11) is 0. The highest BCUT2D eigenvalue weighted by atomic mass is 19.1. The number of rotatable bonds is 1. The van der Waals surface area contributed by atoms with Crippen molar-refractivity contribution in [1.82, 2.24) is 10.2 Å². The minimum absolute atomic E-state index is 0.0153. The van der Waals surface area contributed by atoms with Gasteiger partial charge in [-0.3, -0.25) is 4.79 Å². The molecular formula is C17H20F2N2O2. The minimum atomic E-state index is -0.542. The van der Waals surface area contributed by atoms with E-state index in [0.717, 1.165) is 25.1 Å². The Morgan fingerprint density at radius 1 is 1.30 bits per heavy atom. The van der Waals surface area contributed by atoms with Crippen LogP contribution in [0.3, 0.4) is 0 Å². The molecule has 23 heavy (non-hydrogen) atoms. The molecule has 2 fully saturated rings. The lowest BCUT2D eigenvalue weighted by atomic mass is 9.74. The highest BCUT2D eigenvalue weighted by Crippen LogP contribution is 2.40. The third kappa shape index (κ3) is 2.27. The first-order valence-corrected chi connectivity index (χ1v) is 8.15. The first kappa shape index (κ1) is 15.0. The van der Waals surface area contributed by atoms with E-state index >= 15 is 0 Å². The number of halogens is 2.